The van der Waals surface area contributed by atoms with Crippen molar-refractivity contribution >= 4 is 33.8 Å². The third-order valence-electron chi connectivity index (χ3n) is 3.83. The monoisotopic (exact) mass is 444 g/mol. The molecule has 1 aromatic carbocycles. The third kappa shape index (κ3) is 5.50. The van der Waals surface area contributed by atoms with E-state index in [0.717, 1.165) is 0 Å². The van der Waals surface area contributed by atoms with Crippen molar-refractivity contribution in [1.82, 2.24) is 0 Å². The number of esters is 3. The number of carbonyl (C=O) groups is 3. The molecule has 1 aliphatic heterocycles. The number of methoxy groups -OCH3 is 1. The van der Waals surface area contributed by atoms with Crippen LogP contribution in [0.25, 0.3) is 0 Å². The van der Waals surface area contributed by atoms with Gasteiger partial charge in [-0.25, -0.2) is 4.79 Å². The highest BCUT2D eigenvalue weighted by Crippen LogP contribution is 2.30. The molecule has 0 spiro atoms. The van der Waals surface area contributed by atoms with E-state index in [1.54, 1.807) is 30.3 Å². The SMILES string of the molecule is COC1OC(CBr)C(OC(=O)c2ccccc2)C(OC(C)=O)C1OC(C)=O. The lowest BCUT2D eigenvalue weighted by Crippen LogP contribution is -2.62. The van der Waals surface area contributed by atoms with Gasteiger partial charge < -0.3 is 23.7 Å². The molecular formula is C18H21BrO8. The first-order chi connectivity index (χ1) is 12.9. The van der Waals surface area contributed by atoms with E-state index in [2.05, 4.69) is 15.9 Å². The van der Waals surface area contributed by atoms with Gasteiger partial charge in [0, 0.05) is 26.3 Å². The van der Waals surface area contributed by atoms with Gasteiger partial charge in [-0.15, -0.1) is 0 Å². The van der Waals surface area contributed by atoms with Gasteiger partial charge in [0.05, 0.1) is 5.56 Å². The number of rotatable bonds is 6. The molecule has 27 heavy (non-hydrogen) atoms. The Morgan fingerprint density at radius 1 is 0.963 bits per heavy atom. The summed E-state index contributed by atoms with van der Waals surface area (Å²) in [6.07, 6.45) is -4.90. The van der Waals surface area contributed by atoms with Crippen LogP contribution in [-0.4, -0.2) is 61.1 Å². The summed E-state index contributed by atoms with van der Waals surface area (Å²) in [5.41, 5.74) is 0.324. The Labute approximate surface area is 165 Å². The summed E-state index contributed by atoms with van der Waals surface area (Å²) >= 11 is 3.30. The molecule has 0 saturated carbocycles. The predicted molar refractivity (Wildman–Crippen MR) is 96.2 cm³/mol. The molecule has 9 heteroatoms. The first-order valence-corrected chi connectivity index (χ1v) is 9.34. The highest BCUT2D eigenvalue weighted by molar-refractivity contribution is 9.09. The summed E-state index contributed by atoms with van der Waals surface area (Å²) in [7, 11) is 1.37. The third-order valence-corrected chi connectivity index (χ3v) is 4.47. The summed E-state index contributed by atoms with van der Waals surface area (Å²) in [5.74, 6) is -1.86. The maximum atomic E-state index is 12.5. The van der Waals surface area contributed by atoms with Gasteiger partial charge in [-0.1, -0.05) is 34.1 Å². The molecular weight excluding hydrogens is 424 g/mol. The maximum Gasteiger partial charge on any atom is 0.338 e. The number of carbonyl (C=O) groups excluding carboxylic acids is 3. The minimum Gasteiger partial charge on any atom is -0.454 e. The summed E-state index contributed by atoms with van der Waals surface area (Å²) in [4.78, 5) is 35.7. The van der Waals surface area contributed by atoms with Gasteiger partial charge in [0.25, 0.3) is 0 Å². The predicted octanol–water partition coefficient (Wildman–Crippen LogP) is 1.84. The van der Waals surface area contributed by atoms with Crippen molar-refractivity contribution in [1.29, 1.82) is 0 Å². The Morgan fingerprint density at radius 2 is 1.56 bits per heavy atom. The van der Waals surface area contributed by atoms with Crippen molar-refractivity contribution in [3.8, 4) is 0 Å². The fourth-order valence-corrected chi connectivity index (χ4v) is 3.26. The largest absolute Gasteiger partial charge is 0.454 e. The molecule has 5 unspecified atom stereocenters. The number of halogens is 1. The van der Waals surface area contributed by atoms with E-state index in [-0.39, 0.29) is 5.33 Å². The van der Waals surface area contributed by atoms with Crippen LogP contribution in [0.5, 0.6) is 0 Å². The van der Waals surface area contributed by atoms with Gasteiger partial charge >= 0.3 is 17.9 Å². The molecule has 0 aliphatic carbocycles. The minimum atomic E-state index is -1.10. The lowest BCUT2D eigenvalue weighted by atomic mass is 9.98. The van der Waals surface area contributed by atoms with Gasteiger partial charge in [-0.3, -0.25) is 9.59 Å². The van der Waals surface area contributed by atoms with E-state index in [1.165, 1.54) is 21.0 Å². The molecule has 0 aromatic heterocycles. The van der Waals surface area contributed by atoms with Gasteiger partial charge in [0.1, 0.15) is 6.10 Å². The van der Waals surface area contributed by atoms with E-state index in [0.29, 0.717) is 5.56 Å². The second-order valence-electron chi connectivity index (χ2n) is 5.82. The van der Waals surface area contributed by atoms with E-state index in [1.807, 2.05) is 0 Å². The molecule has 8 nitrogen and oxygen atoms in total. The Kier molecular flexibility index (Phi) is 7.76. The summed E-state index contributed by atoms with van der Waals surface area (Å²) in [6.45, 7) is 2.42. The van der Waals surface area contributed by atoms with E-state index < -0.39 is 48.6 Å². The first-order valence-electron chi connectivity index (χ1n) is 8.22. The molecule has 1 fully saturated rings. The second-order valence-corrected chi connectivity index (χ2v) is 6.46. The Hall–Kier alpha value is -1.97. The summed E-state index contributed by atoms with van der Waals surface area (Å²) in [5, 5.41) is 0.268. The van der Waals surface area contributed by atoms with Crippen molar-refractivity contribution in [2.45, 2.75) is 44.6 Å². The van der Waals surface area contributed by atoms with E-state index in [4.69, 9.17) is 23.7 Å². The van der Waals surface area contributed by atoms with Crippen LogP contribution < -0.4 is 0 Å². The molecule has 2 rings (SSSR count). The number of hydrogen-bond acceptors (Lipinski definition) is 8. The highest BCUT2D eigenvalue weighted by Gasteiger charge is 2.52. The van der Waals surface area contributed by atoms with Crippen LogP contribution in [-0.2, 0) is 33.3 Å². The molecule has 148 valence electrons. The highest BCUT2D eigenvalue weighted by atomic mass is 79.9. The normalized spacial score (nSPS) is 27.5. The molecule has 0 radical (unpaired) electrons. The van der Waals surface area contributed by atoms with Crippen LogP contribution in [0.15, 0.2) is 30.3 Å². The van der Waals surface area contributed by atoms with Crippen LogP contribution in [0, 0.1) is 0 Å². The van der Waals surface area contributed by atoms with Crippen molar-refractivity contribution < 1.29 is 38.1 Å². The lowest BCUT2D eigenvalue weighted by Gasteiger charge is -2.43. The second kappa shape index (κ2) is 9.82. The van der Waals surface area contributed by atoms with Crippen molar-refractivity contribution in [2.24, 2.45) is 0 Å². The molecule has 1 saturated heterocycles. The quantitative estimate of drug-likeness (QED) is 0.372. The average Bonchev–Trinajstić information content (AvgIpc) is 2.64. The average molecular weight is 445 g/mol. The zero-order chi connectivity index (χ0) is 20.0. The van der Waals surface area contributed by atoms with E-state index >= 15 is 0 Å². The van der Waals surface area contributed by atoms with E-state index in [9.17, 15) is 14.4 Å². The number of ether oxygens (including phenoxy) is 5. The molecule has 1 aliphatic rings. The zero-order valence-electron chi connectivity index (χ0n) is 15.1. The Balaban J connectivity index is 2.34. The fraction of sp³-hybridized carbons (Fsp3) is 0.500. The van der Waals surface area contributed by atoms with Crippen molar-refractivity contribution in [3.63, 3.8) is 0 Å². The standard InChI is InChI=1S/C18H21BrO8/c1-10(20)24-15-14(27-17(22)12-7-5-4-6-8-12)13(9-19)26-18(23-3)16(15)25-11(2)21/h4-8,13-16,18H,9H2,1-3H3. The lowest BCUT2D eigenvalue weighted by molar-refractivity contribution is -0.290. The van der Waals surface area contributed by atoms with Crippen LogP contribution in [0.3, 0.4) is 0 Å². The molecule has 1 aromatic rings. The molecule has 1 heterocycles. The van der Waals surface area contributed by atoms with Crippen molar-refractivity contribution in [3.05, 3.63) is 35.9 Å². The van der Waals surface area contributed by atoms with Gasteiger partial charge in [-0.05, 0) is 12.1 Å². The zero-order valence-corrected chi connectivity index (χ0v) is 16.7. The topological polar surface area (TPSA) is 97.4 Å². The van der Waals surface area contributed by atoms with Crippen LogP contribution >= 0.6 is 15.9 Å². The number of alkyl halides is 1. The van der Waals surface area contributed by atoms with Crippen LogP contribution in [0.4, 0.5) is 0 Å². The number of benzene rings is 1. The van der Waals surface area contributed by atoms with Gasteiger partial charge in [0.2, 0.25) is 0 Å². The van der Waals surface area contributed by atoms with Crippen LogP contribution in [0.2, 0.25) is 0 Å². The maximum absolute atomic E-state index is 12.5. The molecule has 0 amide bonds. The molecule has 0 N–H and O–H groups in total. The summed E-state index contributed by atoms with van der Waals surface area (Å²) in [6, 6.07) is 8.35. The van der Waals surface area contributed by atoms with Crippen LogP contribution in [0.1, 0.15) is 24.2 Å². The van der Waals surface area contributed by atoms with Crippen molar-refractivity contribution in [2.75, 3.05) is 12.4 Å². The minimum absolute atomic E-state index is 0.268. The van der Waals surface area contributed by atoms with Gasteiger partial charge in [0.15, 0.2) is 24.6 Å². The summed E-state index contributed by atoms with van der Waals surface area (Å²) < 4.78 is 27.1. The smallest absolute Gasteiger partial charge is 0.338 e. The Bertz CT molecular complexity index is 665. The molecule has 0 bridgehead atoms. The molecule has 5 atom stereocenters. The number of hydrogen-bond donors (Lipinski definition) is 0. The first kappa shape index (κ1) is 21.3. The Morgan fingerprint density at radius 3 is 2.07 bits per heavy atom. The fourth-order valence-electron chi connectivity index (χ4n) is 2.74. The van der Waals surface area contributed by atoms with Gasteiger partial charge in [-0.2, -0.15) is 0 Å².